The van der Waals surface area contributed by atoms with Gasteiger partial charge in [0.25, 0.3) is 0 Å². The summed E-state index contributed by atoms with van der Waals surface area (Å²) in [7, 11) is 1.68. The summed E-state index contributed by atoms with van der Waals surface area (Å²) in [5.41, 5.74) is 0. The van der Waals surface area contributed by atoms with Crippen molar-refractivity contribution in [1.82, 2.24) is 10.2 Å². The lowest BCUT2D eigenvalue weighted by Crippen LogP contribution is -2.51. The van der Waals surface area contributed by atoms with Crippen LogP contribution in [0.4, 0.5) is 0 Å². The number of carbonyl (C=O) groups is 1. The molecule has 0 aromatic rings. The minimum absolute atomic E-state index is 0.128. The molecule has 4 heteroatoms. The van der Waals surface area contributed by atoms with Crippen molar-refractivity contribution >= 4 is 5.91 Å². The van der Waals surface area contributed by atoms with Crippen LogP contribution in [0, 0.1) is 5.92 Å². The maximum absolute atomic E-state index is 12.5. The van der Waals surface area contributed by atoms with Crippen LogP contribution in [0.1, 0.15) is 33.6 Å². The first kappa shape index (κ1) is 14.5. The van der Waals surface area contributed by atoms with E-state index in [1.165, 1.54) is 0 Å². The van der Waals surface area contributed by atoms with Crippen LogP contribution >= 0.6 is 0 Å². The quantitative estimate of drug-likeness (QED) is 0.789. The van der Waals surface area contributed by atoms with E-state index in [0.717, 1.165) is 25.9 Å². The first-order valence-electron chi connectivity index (χ1n) is 6.64. The molecule has 0 aliphatic carbocycles. The van der Waals surface area contributed by atoms with E-state index >= 15 is 0 Å². The minimum atomic E-state index is 0.128. The summed E-state index contributed by atoms with van der Waals surface area (Å²) in [5, 5.41) is 3.38. The van der Waals surface area contributed by atoms with Gasteiger partial charge in [0.05, 0.1) is 18.6 Å². The van der Waals surface area contributed by atoms with Crippen molar-refractivity contribution in [3.8, 4) is 0 Å². The Kier molecular flexibility index (Phi) is 5.92. The number of nitrogens with one attached hydrogen (secondary N) is 1. The van der Waals surface area contributed by atoms with Gasteiger partial charge in [0.2, 0.25) is 5.91 Å². The van der Waals surface area contributed by atoms with Crippen molar-refractivity contribution in [2.75, 3.05) is 26.8 Å². The van der Waals surface area contributed by atoms with Gasteiger partial charge in [-0.1, -0.05) is 0 Å². The van der Waals surface area contributed by atoms with Crippen molar-refractivity contribution in [1.29, 1.82) is 0 Å². The number of rotatable bonds is 5. The molecule has 3 unspecified atom stereocenters. The van der Waals surface area contributed by atoms with E-state index in [1.54, 1.807) is 7.11 Å². The van der Waals surface area contributed by atoms with Gasteiger partial charge in [0.15, 0.2) is 0 Å². The fraction of sp³-hybridized carbons (Fsp3) is 0.923. The Morgan fingerprint density at radius 3 is 2.82 bits per heavy atom. The van der Waals surface area contributed by atoms with E-state index in [2.05, 4.69) is 12.2 Å². The monoisotopic (exact) mass is 242 g/mol. The zero-order valence-corrected chi connectivity index (χ0v) is 11.5. The molecule has 0 bridgehead atoms. The highest BCUT2D eigenvalue weighted by Crippen LogP contribution is 2.20. The molecule has 1 saturated heterocycles. The number of likely N-dealkylation sites (N-methyl/N-ethyl adjacent to an activating group) is 1. The largest absolute Gasteiger partial charge is 0.383 e. The Hall–Kier alpha value is -0.610. The van der Waals surface area contributed by atoms with E-state index in [4.69, 9.17) is 4.74 Å². The summed E-state index contributed by atoms with van der Waals surface area (Å²) >= 11 is 0. The van der Waals surface area contributed by atoms with Gasteiger partial charge in [-0.3, -0.25) is 4.79 Å². The molecule has 100 valence electrons. The van der Waals surface area contributed by atoms with Crippen molar-refractivity contribution in [2.24, 2.45) is 5.92 Å². The number of ether oxygens (including phenoxy) is 1. The van der Waals surface area contributed by atoms with Crippen LogP contribution in [0.15, 0.2) is 0 Å². The molecule has 17 heavy (non-hydrogen) atoms. The van der Waals surface area contributed by atoms with Crippen LogP contribution < -0.4 is 5.32 Å². The van der Waals surface area contributed by atoms with Gasteiger partial charge in [0, 0.05) is 19.7 Å². The van der Waals surface area contributed by atoms with Gasteiger partial charge in [-0.15, -0.1) is 0 Å². The first-order chi connectivity index (χ1) is 8.11. The van der Waals surface area contributed by atoms with Crippen molar-refractivity contribution in [2.45, 2.75) is 45.7 Å². The van der Waals surface area contributed by atoms with Crippen LogP contribution in [0.25, 0.3) is 0 Å². The highest BCUT2D eigenvalue weighted by molar-refractivity contribution is 5.80. The Bertz CT molecular complexity index is 246. The highest BCUT2D eigenvalue weighted by atomic mass is 16.5. The number of nitrogens with zero attached hydrogens (tertiary/aromatic N) is 1. The molecule has 0 aromatic heterocycles. The second-order valence-corrected chi connectivity index (χ2v) is 4.92. The predicted molar refractivity (Wildman–Crippen MR) is 68.9 cm³/mol. The van der Waals surface area contributed by atoms with Crippen molar-refractivity contribution in [3.05, 3.63) is 0 Å². The summed E-state index contributed by atoms with van der Waals surface area (Å²) in [6.07, 6.45) is 2.10. The summed E-state index contributed by atoms with van der Waals surface area (Å²) < 4.78 is 5.14. The molecule has 0 aromatic carbocycles. The first-order valence-corrected chi connectivity index (χ1v) is 6.64. The van der Waals surface area contributed by atoms with Crippen molar-refractivity contribution < 1.29 is 9.53 Å². The molecule has 1 rings (SSSR count). The smallest absolute Gasteiger partial charge is 0.227 e. The number of piperidine rings is 1. The molecule has 1 aliphatic rings. The number of carbonyl (C=O) groups excluding carboxylic acids is 1. The second-order valence-electron chi connectivity index (χ2n) is 4.92. The minimum Gasteiger partial charge on any atom is -0.383 e. The van der Waals surface area contributed by atoms with E-state index in [1.807, 2.05) is 18.7 Å². The summed E-state index contributed by atoms with van der Waals surface area (Å²) in [4.78, 5) is 14.4. The van der Waals surface area contributed by atoms with Crippen LogP contribution in [-0.2, 0) is 9.53 Å². The number of hydrogen-bond acceptors (Lipinski definition) is 3. The fourth-order valence-corrected chi connectivity index (χ4v) is 2.61. The highest BCUT2D eigenvalue weighted by Gasteiger charge is 2.32. The van der Waals surface area contributed by atoms with E-state index in [-0.39, 0.29) is 17.9 Å². The normalized spacial score (nSPS) is 26.6. The molecule has 1 aliphatic heterocycles. The van der Waals surface area contributed by atoms with Gasteiger partial charge in [-0.2, -0.15) is 0 Å². The van der Waals surface area contributed by atoms with Gasteiger partial charge in [-0.05, 0) is 40.2 Å². The maximum Gasteiger partial charge on any atom is 0.227 e. The van der Waals surface area contributed by atoms with E-state index in [0.29, 0.717) is 12.6 Å². The van der Waals surface area contributed by atoms with Gasteiger partial charge in [0.1, 0.15) is 0 Å². The molecule has 1 heterocycles. The number of amides is 1. The lowest BCUT2D eigenvalue weighted by atomic mass is 9.90. The molecule has 4 nitrogen and oxygen atoms in total. The third kappa shape index (κ3) is 3.68. The summed E-state index contributed by atoms with van der Waals surface area (Å²) in [6, 6.07) is 0.451. The number of methoxy groups -OCH3 is 1. The maximum atomic E-state index is 12.5. The Labute approximate surface area is 105 Å². The van der Waals surface area contributed by atoms with Crippen LogP contribution in [0.3, 0.4) is 0 Å². The number of hydrogen-bond donors (Lipinski definition) is 1. The molecule has 1 N–H and O–H groups in total. The summed E-state index contributed by atoms with van der Waals surface area (Å²) in [5.74, 6) is 0.403. The zero-order valence-electron chi connectivity index (χ0n) is 11.5. The molecule has 0 spiro atoms. The van der Waals surface area contributed by atoms with Crippen LogP contribution in [0.5, 0.6) is 0 Å². The van der Waals surface area contributed by atoms with Gasteiger partial charge < -0.3 is 15.0 Å². The zero-order chi connectivity index (χ0) is 12.8. The average molecular weight is 242 g/mol. The van der Waals surface area contributed by atoms with Crippen LogP contribution in [-0.4, -0.2) is 49.7 Å². The topological polar surface area (TPSA) is 41.6 Å². The second kappa shape index (κ2) is 6.97. The fourth-order valence-electron chi connectivity index (χ4n) is 2.61. The molecule has 0 saturated carbocycles. The Morgan fingerprint density at radius 1 is 1.59 bits per heavy atom. The molecular weight excluding hydrogens is 216 g/mol. The lowest BCUT2D eigenvalue weighted by Gasteiger charge is -2.36. The van der Waals surface area contributed by atoms with E-state index in [9.17, 15) is 4.79 Å². The molecule has 3 atom stereocenters. The third-order valence-corrected chi connectivity index (χ3v) is 3.64. The lowest BCUT2D eigenvalue weighted by molar-refractivity contribution is -0.140. The van der Waals surface area contributed by atoms with Crippen molar-refractivity contribution in [3.63, 3.8) is 0 Å². The Balaban J connectivity index is 2.64. The average Bonchev–Trinajstić information content (AvgIpc) is 2.30. The summed E-state index contributed by atoms with van der Waals surface area (Å²) in [6.45, 7) is 8.58. The molecule has 0 radical (unpaired) electrons. The molecular formula is C13H26N2O2. The molecule has 1 amide bonds. The predicted octanol–water partition coefficient (Wildman–Crippen LogP) is 1.26. The third-order valence-electron chi connectivity index (χ3n) is 3.64. The van der Waals surface area contributed by atoms with Gasteiger partial charge >= 0.3 is 0 Å². The standard InChI is InChI=1S/C13H26N2O2/c1-5-15(10(2)9-17-4)13(16)12-7-6-8-14-11(12)3/h10-12,14H,5-9H2,1-4H3. The van der Waals surface area contributed by atoms with Gasteiger partial charge in [-0.25, -0.2) is 0 Å². The van der Waals surface area contributed by atoms with E-state index < -0.39 is 0 Å². The Morgan fingerprint density at radius 2 is 2.29 bits per heavy atom. The molecule has 1 fully saturated rings. The SMILES string of the molecule is CCN(C(=O)C1CCCNC1C)C(C)COC. The van der Waals surface area contributed by atoms with Crippen LogP contribution in [0.2, 0.25) is 0 Å².